The molecule has 0 aliphatic carbocycles. The van der Waals surface area contributed by atoms with Crippen molar-refractivity contribution in [3.05, 3.63) is 14.9 Å². The van der Waals surface area contributed by atoms with Crippen LogP contribution in [-0.4, -0.2) is 39.5 Å². The van der Waals surface area contributed by atoms with Gasteiger partial charge in [0.05, 0.1) is 15.4 Å². The highest BCUT2D eigenvalue weighted by Crippen LogP contribution is 2.35. The summed E-state index contributed by atoms with van der Waals surface area (Å²) in [5.74, 6) is 0. The van der Waals surface area contributed by atoms with Gasteiger partial charge in [-0.1, -0.05) is 11.6 Å². The Kier molecular flexibility index (Phi) is 5.42. The zero-order chi connectivity index (χ0) is 13.2. The van der Waals surface area contributed by atoms with Crippen molar-refractivity contribution < 1.29 is 13.2 Å². The second-order valence-electron chi connectivity index (χ2n) is 3.51. The molecule has 0 aliphatic heterocycles. The highest BCUT2D eigenvalue weighted by Gasteiger charge is 2.27. The number of halogens is 2. The number of hydrogen-bond donors (Lipinski definition) is 0. The average molecular weight is 363 g/mol. The van der Waals surface area contributed by atoms with Crippen molar-refractivity contribution in [3.8, 4) is 0 Å². The predicted octanol–water partition coefficient (Wildman–Crippen LogP) is 2.82. The third-order valence-corrected chi connectivity index (χ3v) is 7.18. The van der Waals surface area contributed by atoms with Crippen LogP contribution in [0.15, 0.2) is 14.1 Å². The van der Waals surface area contributed by atoms with Crippen LogP contribution in [0.5, 0.6) is 0 Å². The molecule has 1 aromatic rings. The van der Waals surface area contributed by atoms with E-state index in [1.807, 2.05) is 0 Å². The molecule has 0 spiro atoms. The fraction of sp³-hybridized carbons (Fsp3) is 0.556. The second kappa shape index (κ2) is 5.99. The van der Waals surface area contributed by atoms with Crippen LogP contribution < -0.4 is 0 Å². The second-order valence-corrected chi connectivity index (χ2v) is 8.51. The summed E-state index contributed by atoms with van der Waals surface area (Å²) < 4.78 is 31.5. The summed E-state index contributed by atoms with van der Waals surface area (Å²) in [6.45, 7) is 2.13. The van der Waals surface area contributed by atoms with E-state index < -0.39 is 10.0 Å². The summed E-state index contributed by atoms with van der Waals surface area (Å²) in [5.41, 5.74) is 0. The topological polar surface area (TPSA) is 46.6 Å². The van der Waals surface area contributed by atoms with Gasteiger partial charge in [-0.25, -0.2) is 8.42 Å². The highest BCUT2D eigenvalue weighted by molar-refractivity contribution is 9.11. The van der Waals surface area contributed by atoms with Crippen LogP contribution >= 0.6 is 38.9 Å². The van der Waals surface area contributed by atoms with Crippen LogP contribution in [0.25, 0.3) is 0 Å². The number of sulfonamides is 1. The Morgan fingerprint density at radius 2 is 2.24 bits per heavy atom. The van der Waals surface area contributed by atoms with Gasteiger partial charge in [0, 0.05) is 20.2 Å². The first-order chi connectivity index (χ1) is 7.80. The smallest absolute Gasteiger partial charge is 0.252 e. The summed E-state index contributed by atoms with van der Waals surface area (Å²) in [7, 11) is -0.439. The van der Waals surface area contributed by atoms with Gasteiger partial charge in [0.1, 0.15) is 4.21 Å². The first-order valence-corrected chi connectivity index (χ1v) is 8.15. The molecule has 1 unspecified atom stereocenters. The van der Waals surface area contributed by atoms with Gasteiger partial charge in [-0.05, 0) is 28.9 Å². The van der Waals surface area contributed by atoms with E-state index in [0.29, 0.717) is 15.4 Å². The molecule has 0 radical (unpaired) electrons. The molecule has 0 aliphatic rings. The Morgan fingerprint density at radius 3 is 2.65 bits per heavy atom. The Balaban J connectivity index is 3.02. The summed E-state index contributed by atoms with van der Waals surface area (Å²) in [6.07, 6.45) is 0. The van der Waals surface area contributed by atoms with Crippen molar-refractivity contribution in [2.24, 2.45) is 0 Å². The lowest BCUT2D eigenvalue weighted by Gasteiger charge is -2.22. The number of methoxy groups -OCH3 is 1. The summed E-state index contributed by atoms with van der Waals surface area (Å²) in [6, 6.07) is 1.21. The average Bonchev–Trinajstić information content (AvgIpc) is 2.59. The quantitative estimate of drug-likeness (QED) is 0.809. The van der Waals surface area contributed by atoms with Gasteiger partial charge in [0.15, 0.2) is 0 Å². The standard InChI is InChI=1S/C9H13BrClNO3S2/c1-6(5-15-3)12(2)17(13,14)8-4-7(11)9(10)16-8/h4,6H,5H2,1-3H3. The number of hydrogen-bond acceptors (Lipinski definition) is 4. The zero-order valence-electron chi connectivity index (χ0n) is 9.61. The highest BCUT2D eigenvalue weighted by atomic mass is 79.9. The molecule has 0 fully saturated rings. The van der Waals surface area contributed by atoms with E-state index in [0.717, 1.165) is 11.3 Å². The normalized spacial score (nSPS) is 14.2. The molecular formula is C9H13BrClNO3S2. The molecule has 1 aromatic heterocycles. The molecule has 0 aromatic carbocycles. The lowest BCUT2D eigenvalue weighted by molar-refractivity contribution is 0.149. The van der Waals surface area contributed by atoms with E-state index in [4.69, 9.17) is 16.3 Å². The molecule has 1 atom stereocenters. The maximum atomic E-state index is 12.2. The van der Waals surface area contributed by atoms with Crippen molar-refractivity contribution in [1.29, 1.82) is 0 Å². The lowest BCUT2D eigenvalue weighted by Crippen LogP contribution is -2.37. The van der Waals surface area contributed by atoms with E-state index in [1.165, 1.54) is 24.5 Å². The molecule has 1 heterocycles. The van der Waals surface area contributed by atoms with E-state index >= 15 is 0 Å². The number of nitrogens with zero attached hydrogens (tertiary/aromatic N) is 1. The van der Waals surface area contributed by atoms with E-state index in [9.17, 15) is 8.42 Å². The monoisotopic (exact) mass is 361 g/mol. The molecule has 17 heavy (non-hydrogen) atoms. The first-order valence-electron chi connectivity index (χ1n) is 4.72. The minimum Gasteiger partial charge on any atom is -0.383 e. The first kappa shape index (κ1) is 15.4. The minimum absolute atomic E-state index is 0.222. The fourth-order valence-electron chi connectivity index (χ4n) is 1.18. The number of likely N-dealkylation sites (N-methyl/N-ethyl adjacent to an activating group) is 1. The SMILES string of the molecule is COCC(C)N(C)S(=O)(=O)c1cc(Cl)c(Br)s1. The molecule has 0 saturated heterocycles. The van der Waals surface area contributed by atoms with Gasteiger partial charge in [0.25, 0.3) is 10.0 Å². The van der Waals surface area contributed by atoms with Crippen molar-refractivity contribution in [2.75, 3.05) is 20.8 Å². The van der Waals surface area contributed by atoms with E-state index in [2.05, 4.69) is 15.9 Å². The molecule has 0 saturated carbocycles. The van der Waals surface area contributed by atoms with Crippen LogP contribution in [0.3, 0.4) is 0 Å². The predicted molar refractivity (Wildman–Crippen MR) is 73.3 cm³/mol. The molecule has 0 N–H and O–H groups in total. The third-order valence-electron chi connectivity index (χ3n) is 2.28. The van der Waals surface area contributed by atoms with Crippen molar-refractivity contribution in [1.82, 2.24) is 4.31 Å². The molecule has 0 bridgehead atoms. The molecule has 1 rings (SSSR count). The van der Waals surface area contributed by atoms with Gasteiger partial charge in [-0.2, -0.15) is 4.31 Å². The van der Waals surface area contributed by atoms with Gasteiger partial charge >= 0.3 is 0 Å². The molecule has 98 valence electrons. The summed E-state index contributed by atoms with van der Waals surface area (Å²) >= 11 is 10.1. The van der Waals surface area contributed by atoms with Crippen LogP contribution in [-0.2, 0) is 14.8 Å². The molecule has 4 nitrogen and oxygen atoms in total. The minimum atomic E-state index is -3.50. The van der Waals surface area contributed by atoms with Gasteiger partial charge in [0.2, 0.25) is 0 Å². The Morgan fingerprint density at radius 1 is 1.65 bits per heavy atom. The maximum Gasteiger partial charge on any atom is 0.252 e. The number of ether oxygens (including phenoxy) is 1. The van der Waals surface area contributed by atoms with Crippen molar-refractivity contribution in [3.63, 3.8) is 0 Å². The largest absolute Gasteiger partial charge is 0.383 e. The summed E-state index contributed by atoms with van der Waals surface area (Å²) in [5, 5.41) is 0.404. The Hall–Kier alpha value is 0.340. The molecule has 0 amide bonds. The number of thiophene rings is 1. The van der Waals surface area contributed by atoms with Crippen LogP contribution in [0.1, 0.15) is 6.92 Å². The lowest BCUT2D eigenvalue weighted by atomic mass is 10.4. The molecular weight excluding hydrogens is 350 g/mol. The van der Waals surface area contributed by atoms with Crippen LogP contribution in [0, 0.1) is 0 Å². The maximum absolute atomic E-state index is 12.2. The fourth-order valence-corrected chi connectivity index (χ4v) is 5.11. The van der Waals surface area contributed by atoms with Crippen LogP contribution in [0.4, 0.5) is 0 Å². The van der Waals surface area contributed by atoms with Crippen molar-refractivity contribution >= 4 is 48.9 Å². The zero-order valence-corrected chi connectivity index (χ0v) is 13.6. The summed E-state index contributed by atoms with van der Waals surface area (Å²) in [4.78, 5) is 0. The Labute approximate surface area is 119 Å². The van der Waals surface area contributed by atoms with Crippen molar-refractivity contribution in [2.45, 2.75) is 17.2 Å². The van der Waals surface area contributed by atoms with Gasteiger partial charge in [-0.15, -0.1) is 11.3 Å². The molecule has 8 heteroatoms. The van der Waals surface area contributed by atoms with Gasteiger partial charge < -0.3 is 4.74 Å². The van der Waals surface area contributed by atoms with E-state index in [1.54, 1.807) is 6.92 Å². The van der Waals surface area contributed by atoms with E-state index in [-0.39, 0.29) is 10.3 Å². The van der Waals surface area contributed by atoms with Gasteiger partial charge in [-0.3, -0.25) is 0 Å². The Bertz CT molecular complexity index is 469. The third kappa shape index (κ3) is 3.42. The van der Waals surface area contributed by atoms with Crippen LogP contribution in [0.2, 0.25) is 5.02 Å². The number of rotatable bonds is 5.